The summed E-state index contributed by atoms with van der Waals surface area (Å²) in [6.45, 7) is 6.41. The number of hydrogen-bond acceptors (Lipinski definition) is 6. The van der Waals surface area contributed by atoms with Gasteiger partial charge in [-0.1, -0.05) is 30.3 Å². The van der Waals surface area contributed by atoms with Gasteiger partial charge in [-0.25, -0.2) is 4.98 Å². The van der Waals surface area contributed by atoms with Crippen molar-refractivity contribution in [3.8, 4) is 5.75 Å². The van der Waals surface area contributed by atoms with Gasteiger partial charge in [0.25, 0.3) is 0 Å². The molecule has 6 nitrogen and oxygen atoms in total. The van der Waals surface area contributed by atoms with Gasteiger partial charge in [0.05, 0.1) is 12.3 Å². The van der Waals surface area contributed by atoms with Crippen molar-refractivity contribution in [2.45, 2.75) is 6.92 Å². The third-order valence-corrected chi connectivity index (χ3v) is 4.80. The van der Waals surface area contributed by atoms with Gasteiger partial charge in [0.2, 0.25) is 5.95 Å². The number of aromatic nitrogens is 2. The highest BCUT2D eigenvalue weighted by Gasteiger charge is 2.18. The number of nitrogens with one attached hydrogen (secondary N) is 1. The standard InChI is InChI=1S/C22H25N5O/c1-2-28-20-11-7-6-10-19(20)24-22-23-13-12-21(25-22)27-16-14-26(15-17-27)18-8-4-3-5-9-18/h3-13H,2,14-17H2,1H3,(H,23,24,25). The van der Waals surface area contributed by atoms with Crippen molar-refractivity contribution < 1.29 is 4.74 Å². The molecule has 1 aliphatic rings. The first kappa shape index (κ1) is 18.1. The molecule has 0 atom stereocenters. The van der Waals surface area contributed by atoms with Crippen LogP contribution in [0.15, 0.2) is 66.9 Å². The topological polar surface area (TPSA) is 53.5 Å². The Labute approximate surface area is 165 Å². The molecule has 144 valence electrons. The molecule has 0 saturated carbocycles. The van der Waals surface area contributed by atoms with E-state index in [0.717, 1.165) is 43.4 Å². The van der Waals surface area contributed by atoms with Gasteiger partial charge in [-0.15, -0.1) is 0 Å². The zero-order chi connectivity index (χ0) is 19.2. The van der Waals surface area contributed by atoms with Crippen LogP contribution < -0.4 is 19.9 Å². The van der Waals surface area contributed by atoms with Gasteiger partial charge in [0, 0.05) is 38.1 Å². The molecule has 28 heavy (non-hydrogen) atoms. The smallest absolute Gasteiger partial charge is 0.229 e. The minimum Gasteiger partial charge on any atom is -0.492 e. The number of piperazine rings is 1. The summed E-state index contributed by atoms with van der Waals surface area (Å²) >= 11 is 0. The molecule has 1 aliphatic heterocycles. The van der Waals surface area contributed by atoms with Crippen LogP contribution in [0.5, 0.6) is 5.75 Å². The Hall–Kier alpha value is -3.28. The Bertz CT molecular complexity index is 894. The molecular formula is C22H25N5O. The van der Waals surface area contributed by atoms with Crippen LogP contribution in [0.1, 0.15) is 6.92 Å². The fraction of sp³-hybridized carbons (Fsp3) is 0.273. The molecule has 1 fully saturated rings. The first-order valence-corrected chi connectivity index (χ1v) is 9.70. The molecule has 0 aliphatic carbocycles. The number of para-hydroxylation sites is 3. The lowest BCUT2D eigenvalue weighted by Crippen LogP contribution is -2.46. The van der Waals surface area contributed by atoms with Gasteiger partial charge in [-0.3, -0.25) is 0 Å². The fourth-order valence-electron chi connectivity index (χ4n) is 3.39. The normalized spacial score (nSPS) is 14.0. The van der Waals surface area contributed by atoms with E-state index in [4.69, 9.17) is 9.72 Å². The second kappa shape index (κ2) is 8.61. The molecule has 1 saturated heterocycles. The molecule has 0 bridgehead atoms. The van der Waals surface area contributed by atoms with E-state index in [2.05, 4.69) is 50.4 Å². The fourth-order valence-corrected chi connectivity index (χ4v) is 3.39. The lowest BCUT2D eigenvalue weighted by molar-refractivity contribution is 0.342. The zero-order valence-corrected chi connectivity index (χ0v) is 16.1. The lowest BCUT2D eigenvalue weighted by atomic mass is 10.2. The molecule has 0 unspecified atom stereocenters. The zero-order valence-electron chi connectivity index (χ0n) is 16.1. The van der Waals surface area contributed by atoms with Crippen molar-refractivity contribution in [2.75, 3.05) is 47.9 Å². The maximum atomic E-state index is 5.68. The predicted molar refractivity (Wildman–Crippen MR) is 114 cm³/mol. The van der Waals surface area contributed by atoms with Gasteiger partial charge in [-0.05, 0) is 37.3 Å². The highest BCUT2D eigenvalue weighted by atomic mass is 16.5. The van der Waals surface area contributed by atoms with Crippen LogP contribution in [0.3, 0.4) is 0 Å². The molecular weight excluding hydrogens is 350 g/mol. The molecule has 1 aromatic heterocycles. The third-order valence-electron chi connectivity index (χ3n) is 4.80. The largest absolute Gasteiger partial charge is 0.492 e. The van der Waals surface area contributed by atoms with E-state index in [1.807, 2.05) is 37.3 Å². The highest BCUT2D eigenvalue weighted by molar-refractivity contribution is 5.63. The van der Waals surface area contributed by atoms with Crippen molar-refractivity contribution in [3.05, 3.63) is 66.9 Å². The summed E-state index contributed by atoms with van der Waals surface area (Å²) in [6, 6.07) is 20.4. The molecule has 6 heteroatoms. The van der Waals surface area contributed by atoms with Crippen LogP contribution in [0.25, 0.3) is 0 Å². The van der Waals surface area contributed by atoms with Crippen molar-refractivity contribution >= 4 is 23.1 Å². The number of nitrogens with zero attached hydrogens (tertiary/aromatic N) is 4. The summed E-state index contributed by atoms with van der Waals surface area (Å²) in [5.41, 5.74) is 2.15. The van der Waals surface area contributed by atoms with Gasteiger partial charge in [-0.2, -0.15) is 4.98 Å². The van der Waals surface area contributed by atoms with Crippen molar-refractivity contribution in [2.24, 2.45) is 0 Å². The molecule has 0 spiro atoms. The van der Waals surface area contributed by atoms with Crippen molar-refractivity contribution in [3.63, 3.8) is 0 Å². The van der Waals surface area contributed by atoms with Crippen LogP contribution in [0.4, 0.5) is 23.1 Å². The molecule has 2 aromatic carbocycles. The number of hydrogen-bond donors (Lipinski definition) is 1. The summed E-state index contributed by atoms with van der Waals surface area (Å²) in [7, 11) is 0. The van der Waals surface area contributed by atoms with Crippen molar-refractivity contribution in [1.29, 1.82) is 0 Å². The van der Waals surface area contributed by atoms with Gasteiger partial charge in [0.15, 0.2) is 0 Å². The second-order valence-electron chi connectivity index (χ2n) is 6.60. The van der Waals surface area contributed by atoms with E-state index in [1.165, 1.54) is 5.69 Å². The molecule has 3 aromatic rings. The summed E-state index contributed by atoms with van der Waals surface area (Å²) in [6.07, 6.45) is 1.80. The van der Waals surface area contributed by atoms with E-state index in [1.54, 1.807) is 6.20 Å². The SMILES string of the molecule is CCOc1ccccc1Nc1nccc(N2CCN(c3ccccc3)CC2)n1. The van der Waals surface area contributed by atoms with E-state index in [9.17, 15) is 0 Å². The van der Waals surface area contributed by atoms with Crippen LogP contribution >= 0.6 is 0 Å². The molecule has 0 radical (unpaired) electrons. The van der Waals surface area contributed by atoms with E-state index < -0.39 is 0 Å². The van der Waals surface area contributed by atoms with Gasteiger partial charge < -0.3 is 19.9 Å². The molecule has 1 N–H and O–H groups in total. The number of ether oxygens (including phenoxy) is 1. The van der Waals surface area contributed by atoms with Crippen LogP contribution in [0.2, 0.25) is 0 Å². The van der Waals surface area contributed by atoms with E-state index in [0.29, 0.717) is 12.6 Å². The Morgan fingerprint density at radius 3 is 2.39 bits per heavy atom. The molecule has 4 rings (SSSR count). The first-order chi connectivity index (χ1) is 13.8. The average molecular weight is 375 g/mol. The number of anilines is 4. The summed E-state index contributed by atoms with van der Waals surface area (Å²) in [5.74, 6) is 2.32. The Balaban J connectivity index is 1.43. The Morgan fingerprint density at radius 1 is 0.893 bits per heavy atom. The van der Waals surface area contributed by atoms with Gasteiger partial charge in [0.1, 0.15) is 11.6 Å². The Morgan fingerprint density at radius 2 is 1.61 bits per heavy atom. The quantitative estimate of drug-likeness (QED) is 0.704. The average Bonchev–Trinajstić information content (AvgIpc) is 2.76. The van der Waals surface area contributed by atoms with Crippen LogP contribution in [-0.2, 0) is 0 Å². The van der Waals surface area contributed by atoms with Crippen molar-refractivity contribution in [1.82, 2.24) is 9.97 Å². The summed E-state index contributed by atoms with van der Waals surface area (Å²) in [4.78, 5) is 13.8. The van der Waals surface area contributed by atoms with E-state index >= 15 is 0 Å². The first-order valence-electron chi connectivity index (χ1n) is 9.70. The number of rotatable bonds is 6. The minimum atomic E-state index is 0.579. The predicted octanol–water partition coefficient (Wildman–Crippen LogP) is 3.95. The summed E-state index contributed by atoms with van der Waals surface area (Å²) < 4.78 is 5.68. The molecule has 0 amide bonds. The number of benzene rings is 2. The lowest BCUT2D eigenvalue weighted by Gasteiger charge is -2.36. The van der Waals surface area contributed by atoms with Crippen LogP contribution in [-0.4, -0.2) is 42.8 Å². The third kappa shape index (κ3) is 4.17. The minimum absolute atomic E-state index is 0.579. The monoisotopic (exact) mass is 375 g/mol. The second-order valence-corrected chi connectivity index (χ2v) is 6.60. The highest BCUT2D eigenvalue weighted by Crippen LogP contribution is 2.27. The van der Waals surface area contributed by atoms with E-state index in [-0.39, 0.29) is 0 Å². The van der Waals surface area contributed by atoms with Gasteiger partial charge >= 0.3 is 0 Å². The van der Waals surface area contributed by atoms with Crippen LogP contribution in [0, 0.1) is 0 Å². The Kier molecular flexibility index (Phi) is 5.56. The maximum absolute atomic E-state index is 5.68. The molecule has 2 heterocycles. The summed E-state index contributed by atoms with van der Waals surface area (Å²) in [5, 5.41) is 3.29. The maximum Gasteiger partial charge on any atom is 0.229 e.